The molecule has 19 heavy (non-hydrogen) atoms. The van der Waals surface area contributed by atoms with E-state index >= 15 is 0 Å². The van der Waals surface area contributed by atoms with E-state index in [4.69, 9.17) is 21.4 Å². The molecule has 1 heterocycles. The van der Waals surface area contributed by atoms with Crippen LogP contribution in [0.25, 0.3) is 0 Å². The Hall–Kier alpha value is -2.07. The molecule has 0 fully saturated rings. The molecule has 1 aromatic carbocycles. The summed E-state index contributed by atoms with van der Waals surface area (Å²) in [5.74, 6) is -0.500. The molecule has 5 heteroatoms. The lowest BCUT2D eigenvalue weighted by molar-refractivity contribution is 0.0690. The monoisotopic (exact) mass is 277 g/mol. The molecule has 1 aromatic heterocycles. The van der Waals surface area contributed by atoms with Crippen LogP contribution in [0.15, 0.2) is 36.4 Å². The van der Waals surface area contributed by atoms with Gasteiger partial charge in [0.2, 0.25) is 0 Å². The number of hydrogen-bond acceptors (Lipinski definition) is 3. The zero-order valence-corrected chi connectivity index (χ0v) is 11.0. The highest BCUT2D eigenvalue weighted by molar-refractivity contribution is 6.32. The van der Waals surface area contributed by atoms with Gasteiger partial charge in [-0.1, -0.05) is 23.7 Å². The Morgan fingerprint density at radius 2 is 2.16 bits per heavy atom. The lowest BCUT2D eigenvalue weighted by Crippen LogP contribution is -2.05. The van der Waals surface area contributed by atoms with Gasteiger partial charge < -0.3 is 9.84 Å². The fraction of sp³-hybridized carbons (Fsp3) is 0.143. The normalized spacial score (nSPS) is 10.2. The summed E-state index contributed by atoms with van der Waals surface area (Å²) in [5.41, 5.74) is 1.57. The van der Waals surface area contributed by atoms with E-state index in [0.717, 1.165) is 5.56 Å². The minimum absolute atomic E-state index is 0.00330. The third kappa shape index (κ3) is 3.45. The summed E-state index contributed by atoms with van der Waals surface area (Å²) in [6.45, 7) is 2.11. The molecule has 0 atom stereocenters. The predicted molar refractivity (Wildman–Crippen MR) is 71.7 cm³/mol. The third-order valence-electron chi connectivity index (χ3n) is 2.49. The van der Waals surface area contributed by atoms with Crippen LogP contribution in [-0.2, 0) is 6.61 Å². The standard InChI is InChI=1S/C14H12ClNO3/c1-9-5-6-11(15)13(7-9)19-8-10-3-2-4-12(16-10)14(17)18/h2-7H,8H2,1H3,(H,17,18). The number of nitrogens with zero attached hydrogens (tertiary/aromatic N) is 1. The van der Waals surface area contributed by atoms with E-state index in [1.54, 1.807) is 18.2 Å². The van der Waals surface area contributed by atoms with Crippen LogP contribution in [0.1, 0.15) is 21.7 Å². The van der Waals surface area contributed by atoms with Crippen molar-refractivity contribution < 1.29 is 14.6 Å². The maximum Gasteiger partial charge on any atom is 0.354 e. The fourth-order valence-corrected chi connectivity index (χ4v) is 1.72. The molecule has 0 saturated carbocycles. The largest absolute Gasteiger partial charge is 0.486 e. The Bertz CT molecular complexity index is 613. The zero-order chi connectivity index (χ0) is 13.8. The van der Waals surface area contributed by atoms with E-state index in [-0.39, 0.29) is 12.3 Å². The van der Waals surface area contributed by atoms with Crippen LogP contribution >= 0.6 is 11.6 Å². The van der Waals surface area contributed by atoms with Gasteiger partial charge in [-0.3, -0.25) is 0 Å². The van der Waals surface area contributed by atoms with E-state index in [1.165, 1.54) is 6.07 Å². The predicted octanol–water partition coefficient (Wildman–Crippen LogP) is 3.32. The summed E-state index contributed by atoms with van der Waals surface area (Å²) in [4.78, 5) is 14.8. The minimum atomic E-state index is -1.06. The Morgan fingerprint density at radius 3 is 2.89 bits per heavy atom. The first-order valence-electron chi connectivity index (χ1n) is 5.64. The molecule has 0 saturated heterocycles. The molecule has 0 radical (unpaired) electrons. The summed E-state index contributed by atoms with van der Waals surface area (Å²) in [6.07, 6.45) is 0. The van der Waals surface area contributed by atoms with Gasteiger partial charge in [-0.2, -0.15) is 0 Å². The molecule has 0 bridgehead atoms. The van der Waals surface area contributed by atoms with E-state index < -0.39 is 5.97 Å². The van der Waals surface area contributed by atoms with Gasteiger partial charge in [-0.05, 0) is 36.8 Å². The molecule has 4 nitrogen and oxygen atoms in total. The van der Waals surface area contributed by atoms with Gasteiger partial charge in [0.05, 0.1) is 10.7 Å². The summed E-state index contributed by atoms with van der Waals surface area (Å²) in [6, 6.07) is 10.2. The number of aryl methyl sites for hydroxylation is 1. The number of halogens is 1. The molecule has 0 aliphatic rings. The lowest BCUT2D eigenvalue weighted by atomic mass is 10.2. The van der Waals surface area contributed by atoms with E-state index in [0.29, 0.717) is 16.5 Å². The molecular weight excluding hydrogens is 266 g/mol. The number of carboxylic acid groups (broad SMARTS) is 1. The van der Waals surface area contributed by atoms with Gasteiger partial charge >= 0.3 is 5.97 Å². The van der Waals surface area contributed by atoms with Crippen LogP contribution < -0.4 is 4.74 Å². The molecule has 0 spiro atoms. The second kappa shape index (κ2) is 5.71. The van der Waals surface area contributed by atoms with Crippen LogP contribution in [0, 0.1) is 6.92 Å². The molecular formula is C14H12ClNO3. The van der Waals surface area contributed by atoms with Crippen molar-refractivity contribution >= 4 is 17.6 Å². The second-order valence-corrected chi connectivity index (χ2v) is 4.45. The second-order valence-electron chi connectivity index (χ2n) is 4.04. The van der Waals surface area contributed by atoms with Gasteiger partial charge in [0.1, 0.15) is 18.1 Å². The van der Waals surface area contributed by atoms with Crippen molar-refractivity contribution in [2.75, 3.05) is 0 Å². The van der Waals surface area contributed by atoms with Crippen LogP contribution in [0.4, 0.5) is 0 Å². The fourth-order valence-electron chi connectivity index (χ4n) is 1.55. The number of aromatic carboxylic acids is 1. The van der Waals surface area contributed by atoms with Gasteiger partial charge in [0.15, 0.2) is 0 Å². The Labute approximate surface area is 115 Å². The molecule has 0 aliphatic carbocycles. The van der Waals surface area contributed by atoms with Crippen molar-refractivity contribution in [3.63, 3.8) is 0 Å². The van der Waals surface area contributed by atoms with Crippen molar-refractivity contribution in [2.24, 2.45) is 0 Å². The first-order chi connectivity index (χ1) is 9.06. The van der Waals surface area contributed by atoms with Crippen molar-refractivity contribution in [3.05, 3.63) is 58.4 Å². The van der Waals surface area contributed by atoms with Crippen molar-refractivity contribution in [2.45, 2.75) is 13.5 Å². The molecule has 2 aromatic rings. The number of pyridine rings is 1. The van der Waals surface area contributed by atoms with Crippen molar-refractivity contribution in [1.82, 2.24) is 4.98 Å². The minimum Gasteiger partial charge on any atom is -0.486 e. The Kier molecular flexibility index (Phi) is 4.02. The van der Waals surface area contributed by atoms with Gasteiger partial charge in [0.25, 0.3) is 0 Å². The smallest absolute Gasteiger partial charge is 0.354 e. The van der Waals surface area contributed by atoms with Gasteiger partial charge in [0, 0.05) is 0 Å². The van der Waals surface area contributed by atoms with Crippen LogP contribution in [0.3, 0.4) is 0 Å². The number of hydrogen-bond donors (Lipinski definition) is 1. The van der Waals surface area contributed by atoms with Gasteiger partial charge in [-0.15, -0.1) is 0 Å². The average Bonchev–Trinajstić information content (AvgIpc) is 2.40. The summed E-state index contributed by atoms with van der Waals surface area (Å²) in [5, 5.41) is 9.36. The summed E-state index contributed by atoms with van der Waals surface area (Å²) in [7, 11) is 0. The SMILES string of the molecule is Cc1ccc(Cl)c(OCc2cccc(C(=O)O)n2)c1. The summed E-state index contributed by atoms with van der Waals surface area (Å²) < 4.78 is 5.55. The third-order valence-corrected chi connectivity index (χ3v) is 2.80. The quantitative estimate of drug-likeness (QED) is 0.931. The number of carbonyl (C=O) groups is 1. The van der Waals surface area contributed by atoms with Crippen molar-refractivity contribution in [1.29, 1.82) is 0 Å². The highest BCUT2D eigenvalue weighted by Crippen LogP contribution is 2.25. The number of benzene rings is 1. The highest BCUT2D eigenvalue weighted by atomic mass is 35.5. The van der Waals surface area contributed by atoms with Crippen LogP contribution in [0.5, 0.6) is 5.75 Å². The molecule has 2 rings (SSSR count). The molecule has 1 N–H and O–H groups in total. The van der Waals surface area contributed by atoms with E-state index in [9.17, 15) is 4.79 Å². The van der Waals surface area contributed by atoms with Gasteiger partial charge in [-0.25, -0.2) is 9.78 Å². The summed E-state index contributed by atoms with van der Waals surface area (Å²) >= 11 is 6.00. The number of ether oxygens (including phenoxy) is 1. The highest BCUT2D eigenvalue weighted by Gasteiger charge is 2.07. The molecule has 0 unspecified atom stereocenters. The Balaban J connectivity index is 2.12. The lowest BCUT2D eigenvalue weighted by Gasteiger charge is -2.08. The number of rotatable bonds is 4. The van der Waals surface area contributed by atoms with Crippen molar-refractivity contribution in [3.8, 4) is 5.75 Å². The molecule has 98 valence electrons. The van der Waals surface area contributed by atoms with E-state index in [1.807, 2.05) is 19.1 Å². The maximum absolute atomic E-state index is 10.8. The van der Waals surface area contributed by atoms with Crippen LogP contribution in [-0.4, -0.2) is 16.1 Å². The molecule has 0 amide bonds. The number of carboxylic acids is 1. The first-order valence-corrected chi connectivity index (χ1v) is 6.02. The first kappa shape index (κ1) is 13.4. The Morgan fingerprint density at radius 1 is 1.37 bits per heavy atom. The zero-order valence-electron chi connectivity index (χ0n) is 10.3. The topological polar surface area (TPSA) is 59.4 Å². The number of aromatic nitrogens is 1. The van der Waals surface area contributed by atoms with Crippen LogP contribution in [0.2, 0.25) is 5.02 Å². The van der Waals surface area contributed by atoms with E-state index in [2.05, 4.69) is 4.98 Å². The maximum atomic E-state index is 10.8. The average molecular weight is 278 g/mol. The molecule has 0 aliphatic heterocycles.